The largest absolute Gasteiger partial charge is 0.381 e. The van der Waals surface area contributed by atoms with E-state index in [0.717, 1.165) is 49.3 Å². The molecular formula is C15H25N3O2S. The molecular weight excluding hydrogens is 286 g/mol. The number of piperidine rings is 1. The van der Waals surface area contributed by atoms with Crippen LogP contribution in [0.4, 0.5) is 5.13 Å². The van der Waals surface area contributed by atoms with Gasteiger partial charge in [-0.3, -0.25) is 0 Å². The third-order valence-electron chi connectivity index (χ3n) is 4.22. The van der Waals surface area contributed by atoms with Crippen LogP contribution >= 0.6 is 11.3 Å². The molecule has 118 valence electrons. The molecule has 2 fully saturated rings. The second kappa shape index (κ2) is 7.05. The van der Waals surface area contributed by atoms with Crippen LogP contribution in [0.15, 0.2) is 0 Å². The molecule has 0 spiro atoms. The van der Waals surface area contributed by atoms with Gasteiger partial charge in [0.2, 0.25) is 0 Å². The minimum absolute atomic E-state index is 0.413. The zero-order chi connectivity index (χ0) is 14.7. The van der Waals surface area contributed by atoms with E-state index in [2.05, 4.69) is 10.2 Å². The van der Waals surface area contributed by atoms with Crippen LogP contribution in [-0.4, -0.2) is 44.4 Å². The topological polar surface area (TPSA) is 46.6 Å². The first kappa shape index (κ1) is 15.2. The Hall–Kier alpha value is -0.690. The first-order valence-electron chi connectivity index (χ1n) is 7.78. The van der Waals surface area contributed by atoms with Gasteiger partial charge in [0.15, 0.2) is 5.13 Å². The number of aromatic nitrogens is 1. The summed E-state index contributed by atoms with van der Waals surface area (Å²) in [7, 11) is 3.54. The van der Waals surface area contributed by atoms with Crippen LogP contribution in [0.2, 0.25) is 0 Å². The maximum Gasteiger partial charge on any atom is 0.185 e. The third-order valence-corrected chi connectivity index (χ3v) is 5.38. The number of nitrogens with one attached hydrogen (secondary N) is 1. The van der Waals surface area contributed by atoms with Crippen molar-refractivity contribution in [3.05, 3.63) is 10.6 Å². The minimum atomic E-state index is 0.413. The van der Waals surface area contributed by atoms with Crippen LogP contribution < -0.4 is 10.2 Å². The van der Waals surface area contributed by atoms with Crippen LogP contribution in [0.5, 0.6) is 0 Å². The van der Waals surface area contributed by atoms with Crippen LogP contribution in [0, 0.1) is 0 Å². The second-order valence-corrected chi connectivity index (χ2v) is 6.94. The van der Waals surface area contributed by atoms with Gasteiger partial charge in [-0.05, 0) is 25.7 Å². The lowest BCUT2D eigenvalue weighted by Crippen LogP contribution is -2.36. The summed E-state index contributed by atoms with van der Waals surface area (Å²) in [4.78, 5) is 8.53. The Morgan fingerprint density at radius 1 is 1.24 bits per heavy atom. The Morgan fingerprint density at radius 3 is 2.62 bits per heavy atom. The zero-order valence-electron chi connectivity index (χ0n) is 12.9. The van der Waals surface area contributed by atoms with Crippen LogP contribution in [0.1, 0.15) is 36.3 Å². The summed E-state index contributed by atoms with van der Waals surface area (Å²) in [6.45, 7) is 3.60. The fraction of sp³-hybridized carbons (Fsp3) is 0.800. The molecule has 1 saturated carbocycles. The summed E-state index contributed by atoms with van der Waals surface area (Å²) in [6.07, 6.45) is 5.22. The third kappa shape index (κ3) is 3.94. The lowest BCUT2D eigenvalue weighted by atomic mass is 10.1. The summed E-state index contributed by atoms with van der Waals surface area (Å²) < 4.78 is 10.7. The fourth-order valence-corrected chi connectivity index (χ4v) is 3.77. The molecule has 2 aliphatic rings. The summed E-state index contributed by atoms with van der Waals surface area (Å²) in [5.74, 6) is 0. The van der Waals surface area contributed by atoms with Crippen molar-refractivity contribution >= 4 is 16.5 Å². The van der Waals surface area contributed by atoms with Crippen molar-refractivity contribution in [3.8, 4) is 0 Å². The number of nitrogens with zero attached hydrogens (tertiary/aromatic N) is 2. The molecule has 0 radical (unpaired) electrons. The SMILES string of the molecule is COCc1nc(N2CCC(OC)CC2)sc1CNC1CC1. The Morgan fingerprint density at radius 2 is 2.00 bits per heavy atom. The molecule has 21 heavy (non-hydrogen) atoms. The van der Waals surface area contributed by atoms with E-state index in [1.54, 1.807) is 7.11 Å². The van der Waals surface area contributed by atoms with E-state index in [1.807, 2.05) is 18.4 Å². The van der Waals surface area contributed by atoms with Crippen LogP contribution in [0.3, 0.4) is 0 Å². The van der Waals surface area contributed by atoms with E-state index >= 15 is 0 Å². The van der Waals surface area contributed by atoms with Gasteiger partial charge in [-0.1, -0.05) is 0 Å². The molecule has 1 N–H and O–H groups in total. The fourth-order valence-electron chi connectivity index (χ4n) is 2.70. The van der Waals surface area contributed by atoms with E-state index < -0.39 is 0 Å². The van der Waals surface area contributed by atoms with Crippen LogP contribution in [-0.2, 0) is 22.6 Å². The Kier molecular flexibility index (Phi) is 5.11. The molecule has 0 amide bonds. The van der Waals surface area contributed by atoms with E-state index in [4.69, 9.17) is 14.5 Å². The van der Waals surface area contributed by atoms with Gasteiger partial charge in [0.25, 0.3) is 0 Å². The first-order valence-corrected chi connectivity index (χ1v) is 8.60. The van der Waals surface area contributed by atoms with Gasteiger partial charge in [-0.25, -0.2) is 4.98 Å². The van der Waals surface area contributed by atoms with Crippen molar-refractivity contribution in [1.29, 1.82) is 0 Å². The zero-order valence-corrected chi connectivity index (χ0v) is 13.7. The van der Waals surface area contributed by atoms with Crippen molar-refractivity contribution in [2.45, 2.75) is 51.0 Å². The summed E-state index contributed by atoms with van der Waals surface area (Å²) in [5.41, 5.74) is 1.10. The van der Waals surface area contributed by atoms with E-state index in [-0.39, 0.29) is 0 Å². The summed E-state index contributed by atoms with van der Waals surface area (Å²) in [5, 5.41) is 4.72. The molecule has 1 aromatic heterocycles. The Balaban J connectivity index is 1.65. The van der Waals surface area contributed by atoms with Gasteiger partial charge >= 0.3 is 0 Å². The second-order valence-electron chi connectivity index (χ2n) is 5.88. The molecule has 1 saturated heterocycles. The van der Waals surface area contributed by atoms with Gasteiger partial charge in [0.1, 0.15) is 0 Å². The molecule has 1 aliphatic carbocycles. The van der Waals surface area contributed by atoms with E-state index in [1.165, 1.54) is 17.7 Å². The molecule has 1 aliphatic heterocycles. The van der Waals surface area contributed by atoms with Crippen molar-refractivity contribution in [1.82, 2.24) is 10.3 Å². The molecule has 2 heterocycles. The maximum atomic E-state index is 5.44. The molecule has 6 heteroatoms. The number of ether oxygens (including phenoxy) is 2. The number of hydrogen-bond acceptors (Lipinski definition) is 6. The minimum Gasteiger partial charge on any atom is -0.381 e. The monoisotopic (exact) mass is 311 g/mol. The smallest absolute Gasteiger partial charge is 0.185 e. The maximum absolute atomic E-state index is 5.44. The number of rotatable bonds is 7. The van der Waals surface area contributed by atoms with Crippen molar-refractivity contribution < 1.29 is 9.47 Å². The molecule has 5 nitrogen and oxygen atoms in total. The van der Waals surface area contributed by atoms with Crippen LogP contribution in [0.25, 0.3) is 0 Å². The lowest BCUT2D eigenvalue weighted by Gasteiger charge is -2.30. The predicted octanol–water partition coefficient (Wildman–Crippen LogP) is 2.16. The van der Waals surface area contributed by atoms with Gasteiger partial charge < -0.3 is 19.7 Å². The van der Waals surface area contributed by atoms with Crippen molar-refractivity contribution in [2.24, 2.45) is 0 Å². The molecule has 0 unspecified atom stereocenters. The highest BCUT2D eigenvalue weighted by Crippen LogP contribution is 2.30. The number of anilines is 1. The van der Waals surface area contributed by atoms with E-state index in [9.17, 15) is 0 Å². The molecule has 0 aromatic carbocycles. The highest BCUT2D eigenvalue weighted by atomic mass is 32.1. The Bertz CT molecular complexity index is 454. The molecule has 3 rings (SSSR count). The number of thiazole rings is 1. The van der Waals surface area contributed by atoms with Gasteiger partial charge in [-0.2, -0.15) is 0 Å². The summed E-state index contributed by atoms with van der Waals surface area (Å²) in [6, 6.07) is 0.725. The van der Waals surface area contributed by atoms with Crippen molar-refractivity contribution in [2.75, 3.05) is 32.2 Å². The lowest BCUT2D eigenvalue weighted by molar-refractivity contribution is 0.0819. The summed E-state index contributed by atoms with van der Waals surface area (Å²) >= 11 is 1.82. The van der Waals surface area contributed by atoms with Gasteiger partial charge in [0.05, 0.1) is 18.4 Å². The highest BCUT2D eigenvalue weighted by molar-refractivity contribution is 7.15. The van der Waals surface area contributed by atoms with Gasteiger partial charge in [-0.15, -0.1) is 11.3 Å². The molecule has 1 aromatic rings. The standard InChI is InChI=1S/C15H25N3O2S/c1-19-10-13-14(9-16-11-3-4-11)21-15(17-13)18-7-5-12(20-2)6-8-18/h11-12,16H,3-10H2,1-2H3. The first-order chi connectivity index (χ1) is 10.3. The average Bonchev–Trinajstić information content (AvgIpc) is 3.27. The Labute approximate surface area is 130 Å². The molecule has 0 bridgehead atoms. The van der Waals surface area contributed by atoms with E-state index in [0.29, 0.717) is 12.7 Å². The quantitative estimate of drug-likeness (QED) is 0.836. The highest BCUT2D eigenvalue weighted by Gasteiger charge is 2.24. The van der Waals surface area contributed by atoms with Crippen molar-refractivity contribution in [3.63, 3.8) is 0 Å². The molecule has 0 atom stereocenters. The average molecular weight is 311 g/mol. The predicted molar refractivity (Wildman–Crippen MR) is 84.9 cm³/mol. The normalized spacial score (nSPS) is 20.2. The number of methoxy groups -OCH3 is 2. The number of hydrogen-bond donors (Lipinski definition) is 1. The van der Waals surface area contributed by atoms with Gasteiger partial charge in [0, 0.05) is 44.8 Å².